The third-order valence-corrected chi connectivity index (χ3v) is 4.84. The molecule has 0 radical (unpaired) electrons. The number of ether oxygens (including phenoxy) is 2. The summed E-state index contributed by atoms with van der Waals surface area (Å²) in [5, 5.41) is 6.05. The molecular formula is C15H19N3O4S2. The second-order valence-corrected chi connectivity index (χ2v) is 7.03. The summed E-state index contributed by atoms with van der Waals surface area (Å²) in [5.41, 5.74) is 0.737. The fourth-order valence-electron chi connectivity index (χ4n) is 1.93. The molecule has 0 fully saturated rings. The Hall–Kier alpha value is -1.84. The van der Waals surface area contributed by atoms with E-state index < -0.39 is 5.97 Å². The van der Waals surface area contributed by atoms with E-state index in [1.165, 1.54) is 22.7 Å². The van der Waals surface area contributed by atoms with Gasteiger partial charge in [0.2, 0.25) is 0 Å². The van der Waals surface area contributed by atoms with Crippen LogP contribution in [0.3, 0.4) is 0 Å². The minimum absolute atomic E-state index is 0.229. The van der Waals surface area contributed by atoms with E-state index in [4.69, 9.17) is 9.47 Å². The molecule has 2 aromatic rings. The molecule has 0 aliphatic rings. The predicted molar refractivity (Wildman–Crippen MR) is 91.7 cm³/mol. The molecule has 0 aliphatic carbocycles. The molecular weight excluding hydrogens is 350 g/mol. The van der Waals surface area contributed by atoms with Crippen molar-refractivity contribution in [3.8, 4) is 0 Å². The van der Waals surface area contributed by atoms with Crippen molar-refractivity contribution in [3.63, 3.8) is 0 Å². The van der Waals surface area contributed by atoms with Gasteiger partial charge in [0.1, 0.15) is 10.7 Å². The largest absolute Gasteiger partial charge is 0.461 e. The number of hydrogen-bond donors (Lipinski definition) is 1. The van der Waals surface area contributed by atoms with Gasteiger partial charge in [0.15, 0.2) is 5.69 Å². The second kappa shape index (κ2) is 8.86. The molecule has 2 heterocycles. The van der Waals surface area contributed by atoms with E-state index in [9.17, 15) is 9.59 Å². The molecule has 0 bridgehead atoms. The highest BCUT2D eigenvalue weighted by molar-refractivity contribution is 7.11. The molecule has 7 nitrogen and oxygen atoms in total. The maximum absolute atomic E-state index is 12.0. The number of aryl methyl sites for hydroxylation is 1. The Kier molecular flexibility index (Phi) is 6.83. The van der Waals surface area contributed by atoms with Gasteiger partial charge in [-0.1, -0.05) is 0 Å². The predicted octanol–water partition coefficient (Wildman–Crippen LogP) is 2.20. The second-order valence-electron chi connectivity index (χ2n) is 4.80. The van der Waals surface area contributed by atoms with Crippen LogP contribution in [0.2, 0.25) is 0 Å². The van der Waals surface area contributed by atoms with E-state index in [-0.39, 0.29) is 5.91 Å². The molecule has 2 rings (SSSR count). The number of rotatable bonds is 8. The van der Waals surface area contributed by atoms with Gasteiger partial charge < -0.3 is 14.8 Å². The summed E-state index contributed by atoms with van der Waals surface area (Å²) in [6.45, 7) is 4.73. The standard InChI is InChI=1S/C15H19N3O4S2/c1-4-22-15(20)13-9(2)24-11(18-13)5-6-16-14(19)10-8-23-12(17-10)7-21-3/h8H,4-7H2,1-3H3,(H,16,19). The van der Waals surface area contributed by atoms with E-state index >= 15 is 0 Å². The van der Waals surface area contributed by atoms with Crippen LogP contribution in [-0.2, 0) is 22.5 Å². The smallest absolute Gasteiger partial charge is 0.358 e. The summed E-state index contributed by atoms with van der Waals surface area (Å²) in [6, 6.07) is 0. The summed E-state index contributed by atoms with van der Waals surface area (Å²) in [4.78, 5) is 33.1. The first-order chi connectivity index (χ1) is 11.5. The van der Waals surface area contributed by atoms with Crippen LogP contribution in [0.5, 0.6) is 0 Å². The van der Waals surface area contributed by atoms with Crippen molar-refractivity contribution < 1.29 is 19.1 Å². The number of methoxy groups -OCH3 is 1. The van der Waals surface area contributed by atoms with Crippen LogP contribution in [0.25, 0.3) is 0 Å². The molecule has 0 saturated heterocycles. The first-order valence-electron chi connectivity index (χ1n) is 7.40. The summed E-state index contributed by atoms with van der Waals surface area (Å²) < 4.78 is 9.94. The molecule has 24 heavy (non-hydrogen) atoms. The van der Waals surface area contributed by atoms with E-state index in [1.54, 1.807) is 19.4 Å². The first kappa shape index (κ1) is 18.5. The number of carbonyl (C=O) groups excluding carboxylic acids is 2. The third kappa shape index (κ3) is 4.83. The highest BCUT2D eigenvalue weighted by atomic mass is 32.1. The number of carbonyl (C=O) groups is 2. The number of nitrogens with one attached hydrogen (secondary N) is 1. The molecule has 0 aromatic carbocycles. The average molecular weight is 369 g/mol. The number of aromatic nitrogens is 2. The topological polar surface area (TPSA) is 90.4 Å². The Morgan fingerprint density at radius 1 is 1.29 bits per heavy atom. The van der Waals surface area contributed by atoms with Crippen molar-refractivity contribution in [3.05, 3.63) is 31.7 Å². The molecule has 0 atom stereocenters. The Bertz CT molecular complexity index is 711. The monoisotopic (exact) mass is 369 g/mol. The number of nitrogens with zero attached hydrogens (tertiary/aromatic N) is 2. The van der Waals surface area contributed by atoms with Gasteiger partial charge in [-0.25, -0.2) is 14.8 Å². The van der Waals surface area contributed by atoms with Crippen LogP contribution in [0.1, 0.15) is 42.8 Å². The summed E-state index contributed by atoms with van der Waals surface area (Å²) in [6.07, 6.45) is 0.547. The van der Waals surface area contributed by atoms with Crippen LogP contribution in [0.15, 0.2) is 5.38 Å². The molecule has 2 aromatic heterocycles. The molecule has 1 amide bonds. The van der Waals surface area contributed by atoms with Gasteiger partial charge in [-0.05, 0) is 13.8 Å². The molecule has 9 heteroatoms. The highest BCUT2D eigenvalue weighted by Crippen LogP contribution is 2.18. The minimum atomic E-state index is -0.408. The fourth-order valence-corrected chi connectivity index (χ4v) is 3.59. The number of esters is 1. The summed E-state index contributed by atoms with van der Waals surface area (Å²) >= 11 is 2.82. The third-order valence-electron chi connectivity index (χ3n) is 2.99. The molecule has 1 N–H and O–H groups in total. The van der Waals surface area contributed by atoms with E-state index in [0.29, 0.717) is 37.6 Å². The minimum Gasteiger partial charge on any atom is -0.461 e. The average Bonchev–Trinajstić information content (AvgIpc) is 3.15. The van der Waals surface area contributed by atoms with Crippen molar-refractivity contribution in [1.82, 2.24) is 15.3 Å². The quantitative estimate of drug-likeness (QED) is 0.718. The first-order valence-corrected chi connectivity index (χ1v) is 9.09. The van der Waals surface area contributed by atoms with E-state index in [2.05, 4.69) is 15.3 Å². The van der Waals surface area contributed by atoms with Crippen LogP contribution >= 0.6 is 22.7 Å². The van der Waals surface area contributed by atoms with Crippen molar-refractivity contribution in [2.45, 2.75) is 26.9 Å². The van der Waals surface area contributed by atoms with Crippen LogP contribution in [-0.4, -0.2) is 42.1 Å². The van der Waals surface area contributed by atoms with Gasteiger partial charge in [-0.15, -0.1) is 22.7 Å². The molecule has 0 unspecified atom stereocenters. The molecule has 0 saturated carbocycles. The molecule has 130 valence electrons. The van der Waals surface area contributed by atoms with E-state index in [0.717, 1.165) is 14.9 Å². The summed E-state index contributed by atoms with van der Waals surface area (Å²) in [5.74, 6) is -0.637. The van der Waals surface area contributed by atoms with Crippen molar-refractivity contribution in [2.75, 3.05) is 20.3 Å². The lowest BCUT2D eigenvalue weighted by molar-refractivity contribution is 0.0519. The van der Waals surface area contributed by atoms with Crippen LogP contribution in [0.4, 0.5) is 0 Å². The molecule has 0 aliphatic heterocycles. The SMILES string of the molecule is CCOC(=O)c1nc(CCNC(=O)c2csc(COC)n2)sc1C. The Morgan fingerprint density at radius 2 is 2.08 bits per heavy atom. The highest BCUT2D eigenvalue weighted by Gasteiger charge is 2.16. The normalized spacial score (nSPS) is 10.6. The van der Waals surface area contributed by atoms with Crippen LogP contribution in [0, 0.1) is 6.92 Å². The van der Waals surface area contributed by atoms with Gasteiger partial charge in [0.05, 0.1) is 18.2 Å². The van der Waals surface area contributed by atoms with Crippen molar-refractivity contribution >= 4 is 34.6 Å². The van der Waals surface area contributed by atoms with Crippen LogP contribution < -0.4 is 5.32 Å². The number of hydrogen-bond acceptors (Lipinski definition) is 8. The zero-order valence-corrected chi connectivity index (χ0v) is 15.4. The van der Waals surface area contributed by atoms with Gasteiger partial charge in [-0.3, -0.25) is 4.79 Å². The Balaban J connectivity index is 1.86. The maximum Gasteiger partial charge on any atom is 0.358 e. The lowest BCUT2D eigenvalue weighted by Gasteiger charge is -2.01. The van der Waals surface area contributed by atoms with Gasteiger partial charge in [0, 0.05) is 30.3 Å². The van der Waals surface area contributed by atoms with Gasteiger partial charge in [0.25, 0.3) is 5.91 Å². The zero-order valence-electron chi connectivity index (χ0n) is 13.7. The fraction of sp³-hybridized carbons (Fsp3) is 0.467. The van der Waals surface area contributed by atoms with E-state index in [1.807, 2.05) is 6.92 Å². The lowest BCUT2D eigenvalue weighted by atomic mass is 10.3. The molecule has 0 spiro atoms. The number of thiazole rings is 2. The Labute approximate surface area is 148 Å². The Morgan fingerprint density at radius 3 is 2.79 bits per heavy atom. The van der Waals surface area contributed by atoms with Gasteiger partial charge >= 0.3 is 5.97 Å². The summed E-state index contributed by atoms with van der Waals surface area (Å²) in [7, 11) is 1.59. The lowest BCUT2D eigenvalue weighted by Crippen LogP contribution is -2.26. The van der Waals surface area contributed by atoms with Crippen molar-refractivity contribution in [1.29, 1.82) is 0 Å². The maximum atomic E-state index is 12.0. The van der Waals surface area contributed by atoms with Crippen molar-refractivity contribution in [2.24, 2.45) is 0 Å². The van der Waals surface area contributed by atoms with Gasteiger partial charge in [-0.2, -0.15) is 0 Å². The number of amides is 1. The zero-order chi connectivity index (χ0) is 17.5.